The van der Waals surface area contributed by atoms with Crippen LogP contribution in [0, 0.1) is 0 Å². The molecule has 1 unspecified atom stereocenters. The fourth-order valence-corrected chi connectivity index (χ4v) is 1.71. The third-order valence-corrected chi connectivity index (χ3v) is 2.43. The number of hydrogen-bond donors (Lipinski definition) is 0. The summed E-state index contributed by atoms with van der Waals surface area (Å²) in [6.07, 6.45) is 6.94. The zero-order chi connectivity index (χ0) is 8.32. The summed E-state index contributed by atoms with van der Waals surface area (Å²) in [5.74, 6) is 0. The Morgan fingerprint density at radius 2 is 2.18 bits per heavy atom. The molecule has 1 nitrogen and oxygen atoms in total. The summed E-state index contributed by atoms with van der Waals surface area (Å²) < 4.78 is 5.85. The van der Waals surface area contributed by atoms with Crippen molar-refractivity contribution in [2.24, 2.45) is 0 Å². The summed E-state index contributed by atoms with van der Waals surface area (Å²) in [5, 5.41) is 0. The molecule has 66 valence electrons. The lowest BCUT2D eigenvalue weighted by Gasteiger charge is -2.18. The monoisotopic (exact) mass is 156 g/mol. The van der Waals surface area contributed by atoms with Gasteiger partial charge in [0.1, 0.15) is 0 Å². The maximum absolute atomic E-state index is 5.85. The van der Waals surface area contributed by atoms with E-state index >= 15 is 0 Å². The van der Waals surface area contributed by atoms with Crippen molar-refractivity contribution in [3.05, 3.63) is 0 Å². The Morgan fingerprint density at radius 1 is 1.45 bits per heavy atom. The highest BCUT2D eigenvalue weighted by Crippen LogP contribution is 2.31. The molecular weight excluding hydrogens is 136 g/mol. The van der Waals surface area contributed by atoms with Crippen molar-refractivity contribution in [1.82, 2.24) is 0 Å². The van der Waals surface area contributed by atoms with Gasteiger partial charge in [0.25, 0.3) is 0 Å². The molecule has 0 N–H and O–H groups in total. The standard InChI is InChI=1S/C10H20O/c1-4-5-6-9-7-8-10(2,3)11-9/h9H,4-8H2,1-3H3. The molecule has 1 fully saturated rings. The molecule has 0 bridgehead atoms. The minimum Gasteiger partial charge on any atom is -0.372 e. The van der Waals surface area contributed by atoms with E-state index in [1.807, 2.05) is 0 Å². The molecule has 0 aromatic heterocycles. The van der Waals surface area contributed by atoms with Gasteiger partial charge in [-0.1, -0.05) is 19.8 Å². The van der Waals surface area contributed by atoms with Crippen LogP contribution in [-0.4, -0.2) is 11.7 Å². The van der Waals surface area contributed by atoms with Gasteiger partial charge in [0.15, 0.2) is 0 Å². The summed E-state index contributed by atoms with van der Waals surface area (Å²) >= 11 is 0. The van der Waals surface area contributed by atoms with Crippen LogP contribution in [0.3, 0.4) is 0 Å². The molecule has 1 aliphatic heterocycles. The number of unbranched alkanes of at least 4 members (excludes halogenated alkanes) is 1. The van der Waals surface area contributed by atoms with Crippen molar-refractivity contribution in [2.75, 3.05) is 0 Å². The molecule has 1 atom stereocenters. The lowest BCUT2D eigenvalue weighted by molar-refractivity contribution is -0.0189. The highest BCUT2D eigenvalue weighted by atomic mass is 16.5. The summed E-state index contributed by atoms with van der Waals surface area (Å²) in [6, 6.07) is 0. The minimum atomic E-state index is 0.165. The highest BCUT2D eigenvalue weighted by Gasteiger charge is 2.30. The minimum absolute atomic E-state index is 0.165. The molecule has 1 rings (SSSR count). The van der Waals surface area contributed by atoms with Crippen molar-refractivity contribution in [3.63, 3.8) is 0 Å². The lowest BCUT2D eigenvalue weighted by atomic mass is 10.0. The smallest absolute Gasteiger partial charge is 0.0631 e. The zero-order valence-electron chi connectivity index (χ0n) is 8.02. The summed E-state index contributed by atoms with van der Waals surface area (Å²) in [6.45, 7) is 6.62. The summed E-state index contributed by atoms with van der Waals surface area (Å²) in [5.41, 5.74) is 0.165. The fraction of sp³-hybridized carbons (Fsp3) is 1.00. The van der Waals surface area contributed by atoms with Gasteiger partial charge in [-0.3, -0.25) is 0 Å². The van der Waals surface area contributed by atoms with E-state index in [9.17, 15) is 0 Å². The van der Waals surface area contributed by atoms with Crippen molar-refractivity contribution >= 4 is 0 Å². The molecule has 0 radical (unpaired) electrons. The summed E-state index contributed by atoms with van der Waals surface area (Å²) in [7, 11) is 0. The predicted octanol–water partition coefficient (Wildman–Crippen LogP) is 3.13. The Hall–Kier alpha value is -0.0400. The quantitative estimate of drug-likeness (QED) is 0.610. The van der Waals surface area contributed by atoms with Crippen LogP contribution in [0.4, 0.5) is 0 Å². The molecule has 0 aromatic rings. The van der Waals surface area contributed by atoms with Crippen LogP contribution in [0.5, 0.6) is 0 Å². The van der Waals surface area contributed by atoms with Gasteiger partial charge in [0.05, 0.1) is 11.7 Å². The van der Waals surface area contributed by atoms with Crippen molar-refractivity contribution in [3.8, 4) is 0 Å². The molecule has 0 saturated carbocycles. The predicted molar refractivity (Wildman–Crippen MR) is 47.7 cm³/mol. The van der Waals surface area contributed by atoms with Crippen molar-refractivity contribution in [1.29, 1.82) is 0 Å². The van der Waals surface area contributed by atoms with E-state index in [-0.39, 0.29) is 5.60 Å². The Balaban J connectivity index is 2.20. The molecular formula is C10H20O. The van der Waals surface area contributed by atoms with E-state index < -0.39 is 0 Å². The molecule has 0 aliphatic carbocycles. The van der Waals surface area contributed by atoms with Crippen LogP contribution in [-0.2, 0) is 4.74 Å². The third-order valence-electron chi connectivity index (χ3n) is 2.43. The molecule has 0 amide bonds. The van der Waals surface area contributed by atoms with Crippen LogP contribution in [0.2, 0.25) is 0 Å². The Morgan fingerprint density at radius 3 is 2.64 bits per heavy atom. The number of rotatable bonds is 3. The van der Waals surface area contributed by atoms with Gasteiger partial charge >= 0.3 is 0 Å². The van der Waals surface area contributed by atoms with Crippen LogP contribution in [0.15, 0.2) is 0 Å². The normalized spacial score (nSPS) is 29.2. The average molecular weight is 156 g/mol. The molecule has 1 heterocycles. The molecule has 0 aromatic carbocycles. The number of hydrogen-bond acceptors (Lipinski definition) is 1. The van der Waals surface area contributed by atoms with Crippen LogP contribution in [0.1, 0.15) is 52.9 Å². The zero-order valence-corrected chi connectivity index (χ0v) is 8.02. The van der Waals surface area contributed by atoms with E-state index in [2.05, 4.69) is 20.8 Å². The van der Waals surface area contributed by atoms with Gasteiger partial charge in [0, 0.05) is 0 Å². The van der Waals surface area contributed by atoms with E-state index in [1.165, 1.54) is 32.1 Å². The SMILES string of the molecule is CCCCC1CCC(C)(C)O1. The Kier molecular flexibility index (Phi) is 2.94. The largest absolute Gasteiger partial charge is 0.372 e. The van der Waals surface area contributed by atoms with Crippen LogP contribution >= 0.6 is 0 Å². The van der Waals surface area contributed by atoms with E-state index in [1.54, 1.807) is 0 Å². The first kappa shape index (κ1) is 9.05. The van der Waals surface area contributed by atoms with E-state index in [4.69, 9.17) is 4.74 Å². The maximum atomic E-state index is 5.85. The van der Waals surface area contributed by atoms with Gasteiger partial charge in [0.2, 0.25) is 0 Å². The van der Waals surface area contributed by atoms with Gasteiger partial charge in [-0.05, 0) is 33.1 Å². The second-order valence-corrected chi connectivity index (χ2v) is 4.18. The van der Waals surface area contributed by atoms with Gasteiger partial charge in [-0.25, -0.2) is 0 Å². The number of ether oxygens (including phenoxy) is 1. The van der Waals surface area contributed by atoms with Crippen LogP contribution < -0.4 is 0 Å². The van der Waals surface area contributed by atoms with Crippen molar-refractivity contribution < 1.29 is 4.74 Å². The Bertz CT molecular complexity index is 118. The third kappa shape index (κ3) is 2.82. The molecule has 1 saturated heterocycles. The first-order valence-corrected chi connectivity index (χ1v) is 4.82. The van der Waals surface area contributed by atoms with Crippen molar-refractivity contribution in [2.45, 2.75) is 64.6 Å². The highest BCUT2D eigenvalue weighted by molar-refractivity contribution is 4.80. The maximum Gasteiger partial charge on any atom is 0.0631 e. The van der Waals surface area contributed by atoms with Gasteiger partial charge in [-0.2, -0.15) is 0 Å². The van der Waals surface area contributed by atoms with Gasteiger partial charge in [-0.15, -0.1) is 0 Å². The fourth-order valence-electron chi connectivity index (χ4n) is 1.71. The molecule has 11 heavy (non-hydrogen) atoms. The first-order chi connectivity index (χ1) is 5.14. The average Bonchev–Trinajstić information content (AvgIpc) is 2.26. The van der Waals surface area contributed by atoms with E-state index in [0.29, 0.717) is 6.10 Å². The second kappa shape index (κ2) is 3.57. The van der Waals surface area contributed by atoms with E-state index in [0.717, 1.165) is 0 Å². The topological polar surface area (TPSA) is 9.23 Å². The summed E-state index contributed by atoms with van der Waals surface area (Å²) in [4.78, 5) is 0. The van der Waals surface area contributed by atoms with Gasteiger partial charge < -0.3 is 4.74 Å². The second-order valence-electron chi connectivity index (χ2n) is 4.18. The molecule has 1 aliphatic rings. The molecule has 0 spiro atoms. The Labute approximate surface area is 70.1 Å². The van der Waals surface area contributed by atoms with Crippen LogP contribution in [0.25, 0.3) is 0 Å². The first-order valence-electron chi connectivity index (χ1n) is 4.82. The lowest BCUT2D eigenvalue weighted by Crippen LogP contribution is -2.19. The molecule has 1 heteroatoms.